The van der Waals surface area contributed by atoms with Gasteiger partial charge in [0.25, 0.3) is 0 Å². The van der Waals surface area contributed by atoms with Crippen LogP contribution < -0.4 is 15.0 Å². The van der Waals surface area contributed by atoms with Crippen LogP contribution in [0.25, 0.3) is 0 Å². The van der Waals surface area contributed by atoms with Gasteiger partial charge in [0.15, 0.2) is 0 Å². The first kappa shape index (κ1) is 23.1. The zero-order chi connectivity index (χ0) is 22.9. The molecule has 32 heavy (non-hydrogen) atoms. The lowest BCUT2D eigenvalue weighted by molar-refractivity contribution is 0.0698. The average molecular weight is 436 g/mol. The maximum Gasteiger partial charge on any atom is 0.337 e. The maximum absolute atomic E-state index is 10.5. The summed E-state index contributed by atoms with van der Waals surface area (Å²) in [5, 5.41) is 20.3. The van der Waals surface area contributed by atoms with Crippen molar-refractivity contribution < 1.29 is 19.7 Å². The van der Waals surface area contributed by atoms with Crippen LogP contribution in [0.15, 0.2) is 60.9 Å². The summed E-state index contributed by atoms with van der Waals surface area (Å²) in [7, 11) is 3.72. The van der Waals surface area contributed by atoms with Gasteiger partial charge in [-0.2, -0.15) is 0 Å². The predicted octanol–water partition coefficient (Wildman–Crippen LogP) is 4.14. The summed E-state index contributed by atoms with van der Waals surface area (Å²) < 4.78 is 5.75. The van der Waals surface area contributed by atoms with Gasteiger partial charge in [0.2, 0.25) is 0 Å². The molecule has 4 rings (SSSR count). The van der Waals surface area contributed by atoms with Gasteiger partial charge in [-0.25, -0.2) is 4.79 Å². The summed E-state index contributed by atoms with van der Waals surface area (Å²) in [6.07, 6.45) is 5.84. The van der Waals surface area contributed by atoms with E-state index in [-0.39, 0.29) is 12.2 Å². The van der Waals surface area contributed by atoms with Crippen molar-refractivity contribution in [1.29, 1.82) is 0 Å². The van der Waals surface area contributed by atoms with Gasteiger partial charge < -0.3 is 25.2 Å². The van der Waals surface area contributed by atoms with Crippen LogP contribution in [-0.2, 0) is 12.8 Å². The molecular weight excluding hydrogens is 406 g/mol. The van der Waals surface area contributed by atoms with Crippen molar-refractivity contribution in [3.8, 4) is 5.75 Å². The van der Waals surface area contributed by atoms with Gasteiger partial charge in [0, 0.05) is 44.3 Å². The molecule has 3 aromatic rings. The molecule has 0 saturated heterocycles. The molecule has 168 valence electrons. The van der Waals surface area contributed by atoms with Gasteiger partial charge in [-0.05, 0) is 54.7 Å². The maximum atomic E-state index is 10.5. The van der Waals surface area contributed by atoms with E-state index in [1.54, 1.807) is 7.05 Å². The Balaban J connectivity index is 0.000000222. The number of nitrogens with zero attached hydrogens (tertiary/aromatic N) is 2. The van der Waals surface area contributed by atoms with Crippen LogP contribution in [0.2, 0.25) is 0 Å². The Labute approximate surface area is 188 Å². The van der Waals surface area contributed by atoms with Gasteiger partial charge >= 0.3 is 5.97 Å². The molecule has 0 saturated carbocycles. The number of pyridine rings is 1. The number of aryl methyl sites for hydroxylation is 1. The lowest BCUT2D eigenvalue weighted by Crippen LogP contribution is -2.12. The molecule has 0 radical (unpaired) electrons. The van der Waals surface area contributed by atoms with Crippen molar-refractivity contribution in [2.24, 2.45) is 0 Å². The third kappa shape index (κ3) is 5.76. The average Bonchev–Trinajstić information content (AvgIpc) is 2.84. The van der Waals surface area contributed by atoms with Crippen LogP contribution in [0.5, 0.6) is 5.75 Å². The molecule has 0 atom stereocenters. The Hall–Kier alpha value is -3.58. The standard InChI is InChI=1S/C18H21NO2.C7H8N2O2/c1-19(16-7-4-14(5-8-16)10-11-20)17-9-6-15-3-2-12-21-18(15)13-17;1-8-6-4-9-3-2-5(6)7(10)11/h4-9,13,20H,2-3,10-12H2,1H3;2-4,8H,1H3,(H,10,11). The third-order valence-electron chi connectivity index (χ3n) is 5.33. The van der Waals surface area contributed by atoms with E-state index in [1.165, 1.54) is 24.0 Å². The van der Waals surface area contributed by atoms with Crippen molar-refractivity contribution in [3.05, 3.63) is 77.6 Å². The quantitative estimate of drug-likeness (QED) is 0.536. The van der Waals surface area contributed by atoms with Gasteiger partial charge in [-0.1, -0.05) is 18.2 Å². The SMILES string of the molecule is CN(c1ccc(CCO)cc1)c1ccc2c(c1)OCCC2.CNc1cnccc1C(=O)O. The predicted molar refractivity (Wildman–Crippen MR) is 126 cm³/mol. The van der Waals surface area contributed by atoms with E-state index in [1.807, 2.05) is 0 Å². The van der Waals surface area contributed by atoms with Crippen LogP contribution in [0, 0.1) is 0 Å². The number of aromatic nitrogens is 1. The van der Waals surface area contributed by atoms with E-state index in [2.05, 4.69) is 64.7 Å². The van der Waals surface area contributed by atoms with Gasteiger partial charge in [0.1, 0.15) is 5.75 Å². The molecule has 0 bridgehead atoms. The number of aromatic carboxylic acids is 1. The lowest BCUT2D eigenvalue weighted by Gasteiger charge is -2.23. The summed E-state index contributed by atoms with van der Waals surface area (Å²) in [6, 6.07) is 16.2. The van der Waals surface area contributed by atoms with E-state index < -0.39 is 5.97 Å². The Kier molecular flexibility index (Phi) is 8.05. The highest BCUT2D eigenvalue weighted by Crippen LogP contribution is 2.32. The fraction of sp³-hybridized carbons (Fsp3) is 0.280. The number of ether oxygens (including phenoxy) is 1. The largest absolute Gasteiger partial charge is 0.493 e. The smallest absolute Gasteiger partial charge is 0.337 e. The highest BCUT2D eigenvalue weighted by atomic mass is 16.5. The number of benzene rings is 2. The molecule has 0 amide bonds. The topological polar surface area (TPSA) is 94.9 Å². The molecule has 1 aliphatic heterocycles. The molecule has 0 fully saturated rings. The van der Waals surface area contributed by atoms with Crippen molar-refractivity contribution >= 4 is 23.0 Å². The molecule has 7 heteroatoms. The molecule has 2 heterocycles. The van der Waals surface area contributed by atoms with E-state index in [0.29, 0.717) is 12.1 Å². The number of rotatable bonds is 6. The number of nitrogens with one attached hydrogen (secondary N) is 1. The highest BCUT2D eigenvalue weighted by Gasteiger charge is 2.13. The van der Waals surface area contributed by atoms with Crippen LogP contribution in [0.3, 0.4) is 0 Å². The van der Waals surface area contributed by atoms with E-state index >= 15 is 0 Å². The second kappa shape index (κ2) is 11.2. The molecule has 0 spiro atoms. The Bertz CT molecular complexity index is 1040. The fourth-order valence-electron chi connectivity index (χ4n) is 3.48. The first-order valence-electron chi connectivity index (χ1n) is 10.6. The van der Waals surface area contributed by atoms with E-state index in [0.717, 1.165) is 42.1 Å². The summed E-state index contributed by atoms with van der Waals surface area (Å²) in [4.78, 5) is 16.4. The lowest BCUT2D eigenvalue weighted by atomic mass is 10.1. The van der Waals surface area contributed by atoms with Gasteiger partial charge in [-0.15, -0.1) is 0 Å². The number of fused-ring (bicyclic) bond motifs is 1. The Morgan fingerprint density at radius 3 is 2.56 bits per heavy atom. The number of hydrogen-bond donors (Lipinski definition) is 3. The Morgan fingerprint density at radius 1 is 1.16 bits per heavy atom. The molecule has 0 unspecified atom stereocenters. The molecule has 7 nitrogen and oxygen atoms in total. The minimum atomic E-state index is -0.947. The monoisotopic (exact) mass is 435 g/mol. The minimum absolute atomic E-state index is 0.192. The molecule has 2 aromatic carbocycles. The summed E-state index contributed by atoms with van der Waals surface area (Å²) in [6.45, 7) is 1.01. The molecule has 0 aliphatic carbocycles. The molecule has 3 N–H and O–H groups in total. The number of carbonyl (C=O) groups is 1. The number of aliphatic hydroxyl groups is 1. The van der Waals surface area contributed by atoms with Gasteiger partial charge in [0.05, 0.1) is 24.1 Å². The molecule has 1 aromatic heterocycles. The number of aliphatic hydroxyl groups excluding tert-OH is 1. The van der Waals surface area contributed by atoms with E-state index in [9.17, 15) is 4.79 Å². The number of anilines is 3. The van der Waals surface area contributed by atoms with Crippen molar-refractivity contribution in [1.82, 2.24) is 4.98 Å². The fourth-order valence-corrected chi connectivity index (χ4v) is 3.48. The number of carboxylic acid groups (broad SMARTS) is 1. The minimum Gasteiger partial charge on any atom is -0.493 e. The Morgan fingerprint density at radius 2 is 1.91 bits per heavy atom. The first-order chi connectivity index (χ1) is 15.5. The van der Waals surface area contributed by atoms with Crippen molar-refractivity contribution in [2.75, 3.05) is 37.5 Å². The summed E-state index contributed by atoms with van der Waals surface area (Å²) >= 11 is 0. The van der Waals surface area contributed by atoms with Crippen molar-refractivity contribution in [3.63, 3.8) is 0 Å². The molecular formula is C25H29N3O4. The zero-order valence-electron chi connectivity index (χ0n) is 18.4. The summed E-state index contributed by atoms with van der Waals surface area (Å²) in [5.74, 6) is 0.0688. The second-order valence-corrected chi connectivity index (χ2v) is 7.42. The molecule has 1 aliphatic rings. The van der Waals surface area contributed by atoms with Crippen LogP contribution in [0.4, 0.5) is 17.1 Å². The first-order valence-corrected chi connectivity index (χ1v) is 10.6. The number of carboxylic acids is 1. The van der Waals surface area contributed by atoms with Crippen molar-refractivity contribution in [2.45, 2.75) is 19.3 Å². The highest BCUT2D eigenvalue weighted by molar-refractivity contribution is 5.93. The van der Waals surface area contributed by atoms with Gasteiger partial charge in [-0.3, -0.25) is 4.98 Å². The second-order valence-electron chi connectivity index (χ2n) is 7.42. The number of hydrogen-bond acceptors (Lipinski definition) is 6. The zero-order valence-corrected chi connectivity index (χ0v) is 18.4. The van der Waals surface area contributed by atoms with E-state index in [4.69, 9.17) is 14.9 Å². The summed E-state index contributed by atoms with van der Waals surface area (Å²) in [5.41, 5.74) is 5.49. The van der Waals surface area contributed by atoms with Crippen LogP contribution in [0.1, 0.15) is 27.9 Å². The normalized spacial score (nSPS) is 12.0. The van der Waals surface area contributed by atoms with Crippen LogP contribution >= 0.6 is 0 Å². The van der Waals surface area contributed by atoms with Crippen LogP contribution in [-0.4, -0.2) is 48.5 Å². The third-order valence-corrected chi connectivity index (χ3v) is 5.33.